The number of ether oxygens (including phenoxy) is 1. The van der Waals surface area contributed by atoms with E-state index in [1.807, 2.05) is 5.48 Å². The van der Waals surface area contributed by atoms with Crippen molar-refractivity contribution in [2.24, 2.45) is 0 Å². The first-order valence-corrected chi connectivity index (χ1v) is 5.70. The Labute approximate surface area is 108 Å². The van der Waals surface area contributed by atoms with Gasteiger partial charge in [0.1, 0.15) is 12.3 Å². The maximum atomic E-state index is 11.8. The summed E-state index contributed by atoms with van der Waals surface area (Å²) in [5, 5.41) is 27.5. The normalized spacial score (nSPS) is 26.4. The summed E-state index contributed by atoms with van der Waals surface area (Å²) in [5.74, 6) is -0.00602. The van der Waals surface area contributed by atoms with Gasteiger partial charge in [0.05, 0.1) is 12.7 Å². The van der Waals surface area contributed by atoms with Crippen molar-refractivity contribution < 1.29 is 20.2 Å². The lowest BCUT2D eigenvalue weighted by Crippen LogP contribution is -2.28. The van der Waals surface area contributed by atoms with Crippen LogP contribution in [0, 0.1) is 0 Å². The molecule has 8 nitrogen and oxygen atoms in total. The van der Waals surface area contributed by atoms with Crippen molar-refractivity contribution in [1.82, 2.24) is 9.55 Å². The van der Waals surface area contributed by atoms with Crippen LogP contribution in [-0.4, -0.2) is 43.8 Å². The average Bonchev–Trinajstić information content (AvgIpc) is 2.79. The molecule has 104 valence electrons. The molecule has 1 unspecified atom stereocenters. The molecule has 8 heteroatoms. The first-order chi connectivity index (χ1) is 9.10. The molecular weight excluding hydrogens is 254 g/mol. The number of aromatic nitrogens is 2. The molecule has 0 bridgehead atoms. The Kier molecular flexibility index (Phi) is 3.96. The number of hydrogen-bond donors (Lipinski definition) is 4. The van der Waals surface area contributed by atoms with Gasteiger partial charge in [-0.1, -0.05) is 12.7 Å². The van der Waals surface area contributed by atoms with Crippen molar-refractivity contribution in [3.05, 3.63) is 28.8 Å². The zero-order valence-corrected chi connectivity index (χ0v) is 10.1. The van der Waals surface area contributed by atoms with E-state index in [4.69, 9.17) is 15.1 Å². The third-order valence-electron chi connectivity index (χ3n) is 3.00. The fraction of sp³-hybridized carbons (Fsp3) is 0.455. The molecule has 0 saturated carbocycles. The largest absolute Gasteiger partial charge is 0.394 e. The van der Waals surface area contributed by atoms with Crippen LogP contribution in [0.25, 0.3) is 6.08 Å². The molecule has 3 atom stereocenters. The highest BCUT2D eigenvalue weighted by atomic mass is 16.5. The van der Waals surface area contributed by atoms with Crippen molar-refractivity contribution >= 4 is 11.9 Å². The van der Waals surface area contributed by atoms with Gasteiger partial charge in [0, 0.05) is 18.2 Å². The minimum absolute atomic E-state index is 0.00602. The maximum absolute atomic E-state index is 11.8. The van der Waals surface area contributed by atoms with Crippen LogP contribution in [-0.2, 0) is 4.74 Å². The first-order valence-electron chi connectivity index (χ1n) is 5.70. The summed E-state index contributed by atoms with van der Waals surface area (Å²) in [6.07, 6.45) is 0.729. The summed E-state index contributed by atoms with van der Waals surface area (Å²) < 4.78 is 6.56. The molecule has 4 N–H and O–H groups in total. The second kappa shape index (κ2) is 5.49. The molecule has 1 fully saturated rings. The van der Waals surface area contributed by atoms with Gasteiger partial charge in [0.15, 0.2) is 5.82 Å². The Morgan fingerprint density at radius 3 is 2.95 bits per heavy atom. The molecule has 1 saturated heterocycles. The van der Waals surface area contributed by atoms with Gasteiger partial charge in [-0.3, -0.25) is 15.3 Å². The second-order valence-corrected chi connectivity index (χ2v) is 4.17. The van der Waals surface area contributed by atoms with E-state index in [2.05, 4.69) is 11.6 Å². The van der Waals surface area contributed by atoms with Gasteiger partial charge < -0.3 is 14.9 Å². The summed E-state index contributed by atoms with van der Waals surface area (Å²) in [5.41, 5.74) is 1.58. The van der Waals surface area contributed by atoms with Crippen molar-refractivity contribution in [1.29, 1.82) is 0 Å². The number of rotatable bonds is 4. The van der Waals surface area contributed by atoms with E-state index in [1.54, 1.807) is 0 Å². The number of aliphatic hydroxyl groups excluding tert-OH is 2. The van der Waals surface area contributed by atoms with Gasteiger partial charge in [-0.25, -0.2) is 4.79 Å². The Morgan fingerprint density at radius 1 is 1.68 bits per heavy atom. The van der Waals surface area contributed by atoms with Crippen LogP contribution >= 0.6 is 0 Å². The van der Waals surface area contributed by atoms with E-state index in [1.165, 1.54) is 16.8 Å². The highest BCUT2D eigenvalue weighted by molar-refractivity contribution is 5.59. The molecule has 0 spiro atoms. The van der Waals surface area contributed by atoms with Crippen LogP contribution in [0.15, 0.2) is 17.6 Å². The molecule has 1 aliphatic rings. The lowest BCUT2D eigenvalue weighted by atomic mass is 10.2. The van der Waals surface area contributed by atoms with Crippen molar-refractivity contribution in [3.63, 3.8) is 0 Å². The van der Waals surface area contributed by atoms with E-state index in [9.17, 15) is 9.90 Å². The fourth-order valence-corrected chi connectivity index (χ4v) is 1.98. The van der Waals surface area contributed by atoms with Gasteiger partial charge in [0.2, 0.25) is 0 Å². The highest BCUT2D eigenvalue weighted by Gasteiger charge is 2.35. The number of aliphatic hydroxyl groups is 2. The van der Waals surface area contributed by atoms with E-state index >= 15 is 0 Å². The minimum Gasteiger partial charge on any atom is -0.394 e. The maximum Gasteiger partial charge on any atom is 0.351 e. The van der Waals surface area contributed by atoms with Crippen LogP contribution in [0.1, 0.15) is 18.2 Å². The lowest BCUT2D eigenvalue weighted by Gasteiger charge is -2.15. The van der Waals surface area contributed by atoms with E-state index in [-0.39, 0.29) is 18.8 Å². The molecule has 2 heterocycles. The molecule has 0 amide bonds. The SMILES string of the molecule is C=Cc1cn([C@H]2CC(O)[C@@H](CO)O2)c(=O)nc1NO. The third-order valence-corrected chi connectivity index (χ3v) is 3.00. The molecule has 2 rings (SSSR count). The molecule has 19 heavy (non-hydrogen) atoms. The monoisotopic (exact) mass is 269 g/mol. The molecule has 1 aromatic rings. The molecule has 0 radical (unpaired) electrons. The summed E-state index contributed by atoms with van der Waals surface area (Å²) in [7, 11) is 0. The number of hydrogen-bond acceptors (Lipinski definition) is 7. The van der Waals surface area contributed by atoms with Crippen LogP contribution in [0.4, 0.5) is 5.82 Å². The van der Waals surface area contributed by atoms with Crippen LogP contribution in [0.2, 0.25) is 0 Å². The van der Waals surface area contributed by atoms with E-state index in [0.29, 0.717) is 5.56 Å². The Balaban J connectivity index is 2.36. The zero-order valence-electron chi connectivity index (χ0n) is 10.1. The van der Waals surface area contributed by atoms with Gasteiger partial charge in [-0.15, -0.1) is 0 Å². The molecule has 0 aliphatic carbocycles. The summed E-state index contributed by atoms with van der Waals surface area (Å²) in [6.45, 7) is 3.22. The fourth-order valence-electron chi connectivity index (χ4n) is 1.98. The predicted octanol–water partition coefficient (Wildman–Crippen LogP) is -0.672. The number of nitrogens with one attached hydrogen (secondary N) is 1. The van der Waals surface area contributed by atoms with Gasteiger partial charge in [-0.2, -0.15) is 4.98 Å². The molecule has 1 aromatic heterocycles. The summed E-state index contributed by atoms with van der Waals surface area (Å²) >= 11 is 0. The molecule has 1 aliphatic heterocycles. The minimum atomic E-state index is -0.843. The van der Waals surface area contributed by atoms with Crippen LogP contribution in [0.3, 0.4) is 0 Å². The lowest BCUT2D eigenvalue weighted by molar-refractivity contribution is -0.0458. The van der Waals surface area contributed by atoms with Crippen molar-refractivity contribution in [2.75, 3.05) is 12.1 Å². The highest BCUT2D eigenvalue weighted by Crippen LogP contribution is 2.28. The number of nitrogens with zero attached hydrogens (tertiary/aromatic N) is 2. The van der Waals surface area contributed by atoms with Crippen LogP contribution in [0.5, 0.6) is 0 Å². The Hall–Kier alpha value is -1.74. The molecular formula is C11H15N3O5. The predicted molar refractivity (Wildman–Crippen MR) is 65.6 cm³/mol. The standard InChI is InChI=1S/C11H15N3O5/c1-2-6-4-14(11(17)12-10(6)13-18)9-3-7(16)8(5-15)19-9/h2,4,7-9,15-16,18H,1,3,5H2,(H,12,13,17)/t7?,8-,9-/m1/s1. The third kappa shape index (κ3) is 2.51. The molecule has 0 aromatic carbocycles. The Bertz CT molecular complexity index is 530. The topological polar surface area (TPSA) is 117 Å². The summed E-state index contributed by atoms with van der Waals surface area (Å²) in [4.78, 5) is 15.4. The smallest absolute Gasteiger partial charge is 0.351 e. The van der Waals surface area contributed by atoms with Crippen molar-refractivity contribution in [3.8, 4) is 0 Å². The zero-order chi connectivity index (χ0) is 14.0. The van der Waals surface area contributed by atoms with Gasteiger partial charge in [-0.05, 0) is 0 Å². The second-order valence-electron chi connectivity index (χ2n) is 4.17. The Morgan fingerprint density at radius 2 is 2.42 bits per heavy atom. The van der Waals surface area contributed by atoms with E-state index < -0.39 is 24.1 Å². The van der Waals surface area contributed by atoms with Crippen molar-refractivity contribution in [2.45, 2.75) is 24.9 Å². The van der Waals surface area contributed by atoms with E-state index in [0.717, 1.165) is 0 Å². The summed E-state index contributed by atoms with van der Waals surface area (Å²) in [6, 6.07) is 0. The quantitative estimate of drug-likeness (QED) is 0.535. The van der Waals surface area contributed by atoms with Crippen LogP contribution < -0.4 is 11.2 Å². The average molecular weight is 269 g/mol. The first kappa shape index (κ1) is 13.7. The van der Waals surface area contributed by atoms with Gasteiger partial charge in [0.25, 0.3) is 0 Å². The van der Waals surface area contributed by atoms with Gasteiger partial charge >= 0.3 is 5.69 Å². The number of anilines is 1.